The van der Waals surface area contributed by atoms with E-state index in [4.69, 9.17) is 5.11 Å². The van der Waals surface area contributed by atoms with Gasteiger partial charge >= 0.3 is 5.97 Å². The first-order chi connectivity index (χ1) is 13.5. The van der Waals surface area contributed by atoms with E-state index in [-0.39, 0.29) is 18.2 Å². The molecule has 0 fully saturated rings. The molecule has 2 N–H and O–H groups in total. The van der Waals surface area contributed by atoms with Crippen LogP contribution in [0.25, 0.3) is 27.5 Å². The van der Waals surface area contributed by atoms with Crippen molar-refractivity contribution >= 4 is 27.8 Å². The highest BCUT2D eigenvalue weighted by molar-refractivity contribution is 5.99. The molecule has 0 spiro atoms. The fourth-order valence-corrected chi connectivity index (χ4v) is 4.07. The first-order valence-corrected chi connectivity index (χ1v) is 9.57. The minimum atomic E-state index is -0.778. The van der Waals surface area contributed by atoms with Gasteiger partial charge < -0.3 is 14.7 Å². The highest BCUT2D eigenvalue weighted by Gasteiger charge is 2.21. The van der Waals surface area contributed by atoms with Crippen molar-refractivity contribution in [1.82, 2.24) is 9.55 Å². The van der Waals surface area contributed by atoms with Crippen LogP contribution in [0.4, 0.5) is 4.39 Å². The number of nitrogens with zero attached hydrogens (tertiary/aromatic N) is 1. The molecule has 0 saturated carbocycles. The summed E-state index contributed by atoms with van der Waals surface area (Å²) in [6, 6.07) is 12.9. The van der Waals surface area contributed by atoms with E-state index in [0.29, 0.717) is 12.8 Å². The summed E-state index contributed by atoms with van der Waals surface area (Å²) in [4.78, 5) is 14.3. The van der Waals surface area contributed by atoms with E-state index >= 15 is 0 Å². The van der Waals surface area contributed by atoms with Crippen molar-refractivity contribution in [2.75, 3.05) is 0 Å². The van der Waals surface area contributed by atoms with Gasteiger partial charge in [-0.1, -0.05) is 13.8 Å². The topological polar surface area (TPSA) is 58.0 Å². The molecule has 2 heterocycles. The summed E-state index contributed by atoms with van der Waals surface area (Å²) in [5.74, 6) is -0.809. The molecule has 28 heavy (non-hydrogen) atoms. The Hall–Kier alpha value is -3.08. The molecule has 0 amide bonds. The van der Waals surface area contributed by atoms with Gasteiger partial charge in [0.2, 0.25) is 0 Å². The highest BCUT2D eigenvalue weighted by Crippen LogP contribution is 2.37. The second-order valence-electron chi connectivity index (χ2n) is 7.51. The van der Waals surface area contributed by atoms with Gasteiger partial charge in [-0.25, -0.2) is 4.39 Å². The summed E-state index contributed by atoms with van der Waals surface area (Å²) in [6.07, 6.45) is 3.34. The third kappa shape index (κ3) is 3.17. The molecule has 4 rings (SSSR count). The Morgan fingerprint density at radius 3 is 2.61 bits per heavy atom. The van der Waals surface area contributed by atoms with Crippen LogP contribution in [0, 0.1) is 5.82 Å². The van der Waals surface area contributed by atoms with Crippen LogP contribution in [0.2, 0.25) is 0 Å². The molecule has 2 aromatic heterocycles. The summed E-state index contributed by atoms with van der Waals surface area (Å²) in [5.41, 5.74) is 5.35. The predicted octanol–water partition coefficient (Wildman–Crippen LogP) is 5.78. The number of aromatic nitrogens is 2. The Labute approximate surface area is 162 Å². The number of aromatic amines is 1. The number of H-pyrrole nitrogens is 1. The minimum Gasteiger partial charge on any atom is -0.481 e. The second-order valence-corrected chi connectivity index (χ2v) is 7.51. The second kappa shape index (κ2) is 7.15. The fourth-order valence-electron chi connectivity index (χ4n) is 4.07. The van der Waals surface area contributed by atoms with Crippen molar-refractivity contribution in [3.63, 3.8) is 0 Å². The maximum atomic E-state index is 13.5. The molecule has 0 saturated heterocycles. The number of hydrogen-bond acceptors (Lipinski definition) is 1. The van der Waals surface area contributed by atoms with Crippen molar-refractivity contribution in [1.29, 1.82) is 0 Å². The number of carboxylic acids is 1. The van der Waals surface area contributed by atoms with Crippen LogP contribution in [0.5, 0.6) is 0 Å². The molecular weight excluding hydrogens is 355 g/mol. The molecule has 4 aromatic rings. The molecule has 2 aromatic carbocycles. The molecule has 0 aliphatic carbocycles. The number of nitrogens with one attached hydrogen (secondary N) is 1. The van der Waals surface area contributed by atoms with Crippen molar-refractivity contribution in [3.8, 4) is 5.69 Å². The highest BCUT2D eigenvalue weighted by atomic mass is 19.1. The van der Waals surface area contributed by atoms with E-state index in [1.807, 2.05) is 12.3 Å². The van der Waals surface area contributed by atoms with Crippen LogP contribution < -0.4 is 0 Å². The van der Waals surface area contributed by atoms with E-state index in [1.54, 1.807) is 12.1 Å². The van der Waals surface area contributed by atoms with E-state index in [0.717, 1.165) is 33.2 Å². The maximum absolute atomic E-state index is 13.5. The van der Waals surface area contributed by atoms with Crippen molar-refractivity contribution in [2.24, 2.45) is 0 Å². The lowest BCUT2D eigenvalue weighted by Crippen LogP contribution is -2.05. The summed E-state index contributed by atoms with van der Waals surface area (Å²) >= 11 is 0. The Balaban J connectivity index is 2.00. The van der Waals surface area contributed by atoms with Gasteiger partial charge in [0.25, 0.3) is 0 Å². The molecule has 0 bridgehead atoms. The van der Waals surface area contributed by atoms with Gasteiger partial charge in [0.15, 0.2) is 0 Å². The largest absolute Gasteiger partial charge is 0.481 e. The smallest absolute Gasteiger partial charge is 0.303 e. The van der Waals surface area contributed by atoms with Crippen molar-refractivity contribution in [2.45, 2.75) is 39.0 Å². The van der Waals surface area contributed by atoms with E-state index in [9.17, 15) is 9.18 Å². The number of halogens is 1. The number of rotatable bonds is 6. The van der Waals surface area contributed by atoms with Crippen LogP contribution in [-0.4, -0.2) is 20.6 Å². The zero-order chi connectivity index (χ0) is 19.8. The summed E-state index contributed by atoms with van der Waals surface area (Å²) in [6.45, 7) is 4.28. The van der Waals surface area contributed by atoms with E-state index in [1.165, 1.54) is 17.7 Å². The Morgan fingerprint density at radius 2 is 1.93 bits per heavy atom. The van der Waals surface area contributed by atoms with Gasteiger partial charge in [0.05, 0.1) is 5.52 Å². The van der Waals surface area contributed by atoms with Gasteiger partial charge in [-0.2, -0.15) is 0 Å². The number of carboxylic acid groups (broad SMARTS) is 1. The van der Waals surface area contributed by atoms with Gasteiger partial charge in [0, 0.05) is 40.3 Å². The number of fused-ring (bicyclic) bond motifs is 2. The molecule has 144 valence electrons. The van der Waals surface area contributed by atoms with Gasteiger partial charge in [0.1, 0.15) is 5.82 Å². The van der Waals surface area contributed by atoms with E-state index in [2.05, 4.69) is 35.5 Å². The number of benzene rings is 2. The lowest BCUT2D eigenvalue weighted by molar-refractivity contribution is -0.137. The zero-order valence-electron chi connectivity index (χ0n) is 16.0. The zero-order valence-corrected chi connectivity index (χ0v) is 16.0. The van der Waals surface area contributed by atoms with Crippen molar-refractivity contribution < 1.29 is 14.3 Å². The van der Waals surface area contributed by atoms with Gasteiger partial charge in [-0.15, -0.1) is 0 Å². The molecule has 0 radical (unpaired) electrons. The third-order valence-corrected chi connectivity index (χ3v) is 5.23. The Bertz CT molecular complexity index is 1150. The minimum absolute atomic E-state index is 0.144. The molecule has 5 heteroatoms. The molecule has 0 atom stereocenters. The SMILES string of the molecule is CC(C)c1c(CCCC(=O)O)c2cc3[nH]ccc3cc2n1-c1ccc(F)cc1. The van der Waals surface area contributed by atoms with Crippen LogP contribution in [0.3, 0.4) is 0 Å². The molecular formula is C23H23FN2O2. The average Bonchev–Trinajstić information content (AvgIpc) is 3.22. The molecule has 0 unspecified atom stereocenters. The predicted molar refractivity (Wildman–Crippen MR) is 110 cm³/mol. The lowest BCUT2D eigenvalue weighted by Gasteiger charge is -2.15. The number of aryl methyl sites for hydroxylation is 1. The first-order valence-electron chi connectivity index (χ1n) is 9.57. The van der Waals surface area contributed by atoms with Gasteiger partial charge in [-0.05, 0) is 66.8 Å². The Morgan fingerprint density at radius 1 is 1.18 bits per heavy atom. The lowest BCUT2D eigenvalue weighted by atomic mass is 9.98. The Kier molecular flexibility index (Phi) is 4.67. The third-order valence-electron chi connectivity index (χ3n) is 5.23. The van der Waals surface area contributed by atoms with Crippen LogP contribution in [0.15, 0.2) is 48.7 Å². The normalized spacial score (nSPS) is 11.7. The maximum Gasteiger partial charge on any atom is 0.303 e. The standard InChI is InChI=1S/C23H23FN2O2/c1-14(2)23-18(4-3-5-22(27)28)19-13-20-15(10-11-25-20)12-21(19)26(23)17-8-6-16(24)7-9-17/h6-14,25H,3-5H2,1-2H3,(H,27,28). The summed E-state index contributed by atoms with van der Waals surface area (Å²) in [7, 11) is 0. The monoisotopic (exact) mass is 378 g/mol. The van der Waals surface area contributed by atoms with E-state index < -0.39 is 5.97 Å². The fraction of sp³-hybridized carbons (Fsp3) is 0.261. The number of aliphatic carboxylic acids is 1. The quantitative estimate of drug-likeness (QED) is 0.447. The first kappa shape index (κ1) is 18.3. The summed E-state index contributed by atoms with van der Waals surface area (Å²) < 4.78 is 15.7. The molecule has 4 nitrogen and oxygen atoms in total. The average molecular weight is 378 g/mol. The van der Waals surface area contributed by atoms with Crippen LogP contribution >= 0.6 is 0 Å². The van der Waals surface area contributed by atoms with Gasteiger partial charge in [-0.3, -0.25) is 4.79 Å². The van der Waals surface area contributed by atoms with Crippen LogP contribution in [-0.2, 0) is 11.2 Å². The molecule has 0 aliphatic rings. The number of carbonyl (C=O) groups is 1. The molecule has 0 aliphatic heterocycles. The van der Waals surface area contributed by atoms with Crippen molar-refractivity contribution in [3.05, 3.63) is 65.7 Å². The summed E-state index contributed by atoms with van der Waals surface area (Å²) in [5, 5.41) is 11.3. The van der Waals surface area contributed by atoms with Crippen LogP contribution in [0.1, 0.15) is 43.9 Å². The number of hydrogen-bond donors (Lipinski definition) is 2.